The van der Waals surface area contributed by atoms with Gasteiger partial charge in [0, 0.05) is 6.61 Å². The van der Waals surface area contributed by atoms with E-state index >= 15 is 0 Å². The molecule has 0 aromatic carbocycles. The van der Waals surface area contributed by atoms with Crippen LogP contribution in [0, 0.1) is 46.3 Å². The maximum atomic E-state index is 11.6. The van der Waals surface area contributed by atoms with E-state index in [0.717, 1.165) is 44.9 Å². The Morgan fingerprint density at radius 1 is 0.968 bits per heavy atom. The van der Waals surface area contributed by atoms with Crippen molar-refractivity contribution in [2.75, 3.05) is 6.61 Å². The van der Waals surface area contributed by atoms with E-state index in [4.69, 9.17) is 5.11 Å². The normalized spacial score (nSPS) is 51.5. The first kappa shape index (κ1) is 23.9. The fraction of sp³-hybridized carbons (Fsp3) is 1.00. The SMILES string of the molecule is C[C@@H](C[C@H](O)CCCO)[C@H]1CC[C@@H]2[C@@H]3[C@@H](C[C@@H](O)[C@@]21C)[C@@]1(C)CC[C@H](O)C[C@H]1C[C@@H]3O. The van der Waals surface area contributed by atoms with E-state index in [9.17, 15) is 20.4 Å². The average Bonchev–Trinajstić information content (AvgIpc) is 3.07. The summed E-state index contributed by atoms with van der Waals surface area (Å²) in [6.07, 6.45) is 6.91. The molecule has 4 rings (SSSR count). The number of rotatable bonds is 6. The van der Waals surface area contributed by atoms with Crippen LogP contribution in [0.5, 0.6) is 0 Å². The van der Waals surface area contributed by atoms with Crippen LogP contribution in [0.25, 0.3) is 0 Å². The van der Waals surface area contributed by atoms with Gasteiger partial charge < -0.3 is 25.5 Å². The van der Waals surface area contributed by atoms with E-state index in [1.165, 1.54) is 0 Å². The van der Waals surface area contributed by atoms with Gasteiger partial charge in [-0.15, -0.1) is 0 Å². The zero-order valence-electron chi connectivity index (χ0n) is 19.8. The molecule has 0 aliphatic heterocycles. The van der Waals surface area contributed by atoms with E-state index in [1.54, 1.807) is 0 Å². The molecule has 5 heteroatoms. The Kier molecular flexibility index (Phi) is 6.85. The molecule has 0 bridgehead atoms. The molecule has 4 saturated carbocycles. The number of fused-ring (bicyclic) bond motifs is 5. The molecule has 180 valence electrons. The largest absolute Gasteiger partial charge is 0.396 e. The molecular formula is C26H46O5. The maximum absolute atomic E-state index is 11.6. The molecule has 12 atom stereocenters. The molecule has 0 aromatic heterocycles. The summed E-state index contributed by atoms with van der Waals surface area (Å²) in [7, 11) is 0. The first-order valence-corrected chi connectivity index (χ1v) is 13.0. The zero-order chi connectivity index (χ0) is 22.6. The quantitative estimate of drug-likeness (QED) is 0.439. The molecule has 0 aromatic rings. The minimum absolute atomic E-state index is 0.107. The second-order valence-electron chi connectivity index (χ2n) is 12.3. The second-order valence-corrected chi connectivity index (χ2v) is 12.3. The standard InChI is InChI=1S/C26H46O5/c1-15(11-17(28)5-4-10-27)19-6-7-20-24-21(14-23(31)26(19,20)3)25(2)9-8-18(29)12-16(25)13-22(24)30/h15-24,27-31H,4-14H2,1-3H3/t15-,16-,17+,18-,19+,20+,21+,22-,23+,24+,25-,26+/m0/s1. The highest BCUT2D eigenvalue weighted by Crippen LogP contribution is 2.68. The van der Waals surface area contributed by atoms with E-state index in [2.05, 4.69) is 20.8 Å². The van der Waals surface area contributed by atoms with E-state index < -0.39 is 6.10 Å². The van der Waals surface area contributed by atoms with Gasteiger partial charge >= 0.3 is 0 Å². The van der Waals surface area contributed by atoms with Gasteiger partial charge in [0.25, 0.3) is 0 Å². The van der Waals surface area contributed by atoms with Gasteiger partial charge in [0.2, 0.25) is 0 Å². The highest BCUT2D eigenvalue weighted by Gasteiger charge is 2.65. The molecule has 4 aliphatic rings. The van der Waals surface area contributed by atoms with Crippen molar-refractivity contribution >= 4 is 0 Å². The number of aliphatic hydroxyl groups excluding tert-OH is 5. The van der Waals surface area contributed by atoms with Gasteiger partial charge in [0.05, 0.1) is 24.4 Å². The van der Waals surface area contributed by atoms with Gasteiger partial charge in [-0.05, 0) is 111 Å². The number of hydrogen-bond donors (Lipinski definition) is 5. The average molecular weight is 439 g/mol. The molecule has 0 amide bonds. The third kappa shape index (κ3) is 3.90. The monoisotopic (exact) mass is 438 g/mol. The Bertz CT molecular complexity index is 627. The lowest BCUT2D eigenvalue weighted by Gasteiger charge is -2.63. The van der Waals surface area contributed by atoms with Crippen molar-refractivity contribution in [3.05, 3.63) is 0 Å². The van der Waals surface area contributed by atoms with Gasteiger partial charge in [0.15, 0.2) is 0 Å². The Balaban J connectivity index is 1.55. The molecule has 0 unspecified atom stereocenters. The molecule has 31 heavy (non-hydrogen) atoms. The van der Waals surface area contributed by atoms with Crippen molar-refractivity contribution in [2.45, 2.75) is 109 Å². The minimum atomic E-state index is -0.396. The van der Waals surface area contributed by atoms with E-state index in [-0.39, 0.29) is 41.7 Å². The number of hydrogen-bond acceptors (Lipinski definition) is 5. The van der Waals surface area contributed by atoms with Gasteiger partial charge in [-0.25, -0.2) is 0 Å². The van der Waals surface area contributed by atoms with E-state index in [0.29, 0.717) is 48.9 Å². The Morgan fingerprint density at radius 2 is 1.71 bits per heavy atom. The Labute approximate surface area is 188 Å². The molecular weight excluding hydrogens is 392 g/mol. The van der Waals surface area contributed by atoms with Gasteiger partial charge in [-0.1, -0.05) is 20.8 Å². The Hall–Kier alpha value is -0.200. The molecule has 0 radical (unpaired) electrons. The van der Waals surface area contributed by atoms with Crippen LogP contribution >= 0.6 is 0 Å². The van der Waals surface area contributed by atoms with Gasteiger partial charge in [-0.2, -0.15) is 0 Å². The number of aliphatic hydroxyl groups is 5. The lowest BCUT2D eigenvalue weighted by molar-refractivity contribution is -0.207. The maximum Gasteiger partial charge on any atom is 0.0602 e. The highest BCUT2D eigenvalue weighted by atomic mass is 16.3. The summed E-state index contributed by atoms with van der Waals surface area (Å²) in [5.74, 6) is 1.89. The topological polar surface area (TPSA) is 101 Å². The van der Waals surface area contributed by atoms with Crippen LogP contribution in [0.2, 0.25) is 0 Å². The first-order valence-electron chi connectivity index (χ1n) is 13.0. The van der Waals surface area contributed by atoms with Crippen molar-refractivity contribution in [2.24, 2.45) is 46.3 Å². The van der Waals surface area contributed by atoms with Crippen LogP contribution in [0.4, 0.5) is 0 Å². The summed E-state index contributed by atoms with van der Waals surface area (Å²) in [5.41, 5.74) is -0.106. The summed E-state index contributed by atoms with van der Waals surface area (Å²) in [6, 6.07) is 0. The predicted octanol–water partition coefficient (Wildman–Crippen LogP) is 3.11. The lowest BCUT2D eigenvalue weighted by atomic mass is 9.43. The predicted molar refractivity (Wildman–Crippen MR) is 120 cm³/mol. The van der Waals surface area contributed by atoms with Crippen LogP contribution in [0.1, 0.15) is 85.0 Å². The highest BCUT2D eigenvalue weighted by molar-refractivity contribution is 5.14. The summed E-state index contributed by atoms with van der Waals surface area (Å²) in [4.78, 5) is 0. The minimum Gasteiger partial charge on any atom is -0.396 e. The lowest BCUT2D eigenvalue weighted by Crippen LogP contribution is -2.62. The van der Waals surface area contributed by atoms with Crippen LogP contribution in [-0.4, -0.2) is 56.6 Å². The van der Waals surface area contributed by atoms with Crippen molar-refractivity contribution in [3.8, 4) is 0 Å². The zero-order valence-corrected chi connectivity index (χ0v) is 19.8. The van der Waals surface area contributed by atoms with Crippen molar-refractivity contribution in [3.63, 3.8) is 0 Å². The molecule has 4 fully saturated rings. The van der Waals surface area contributed by atoms with Crippen LogP contribution in [0.3, 0.4) is 0 Å². The van der Waals surface area contributed by atoms with Crippen molar-refractivity contribution in [1.29, 1.82) is 0 Å². The van der Waals surface area contributed by atoms with Crippen LogP contribution < -0.4 is 0 Å². The molecule has 5 nitrogen and oxygen atoms in total. The third-order valence-electron chi connectivity index (χ3n) is 10.9. The van der Waals surface area contributed by atoms with Crippen LogP contribution in [0.15, 0.2) is 0 Å². The molecule has 0 saturated heterocycles. The summed E-state index contributed by atoms with van der Waals surface area (Å²) < 4.78 is 0. The molecule has 4 aliphatic carbocycles. The molecule has 0 spiro atoms. The smallest absolute Gasteiger partial charge is 0.0602 e. The molecule has 5 N–H and O–H groups in total. The second kappa shape index (κ2) is 8.87. The summed E-state index contributed by atoms with van der Waals surface area (Å²) >= 11 is 0. The molecule has 0 heterocycles. The van der Waals surface area contributed by atoms with E-state index in [1.807, 2.05) is 0 Å². The Morgan fingerprint density at radius 3 is 2.42 bits per heavy atom. The van der Waals surface area contributed by atoms with Crippen molar-refractivity contribution < 1.29 is 25.5 Å². The fourth-order valence-corrected chi connectivity index (χ4v) is 9.17. The van der Waals surface area contributed by atoms with Gasteiger partial charge in [0.1, 0.15) is 0 Å². The van der Waals surface area contributed by atoms with Gasteiger partial charge in [-0.3, -0.25) is 0 Å². The summed E-state index contributed by atoms with van der Waals surface area (Å²) in [5, 5.41) is 52.7. The first-order chi connectivity index (χ1) is 14.6. The fourth-order valence-electron chi connectivity index (χ4n) is 9.17. The van der Waals surface area contributed by atoms with Crippen LogP contribution in [-0.2, 0) is 0 Å². The summed E-state index contributed by atoms with van der Waals surface area (Å²) in [6.45, 7) is 6.97. The van der Waals surface area contributed by atoms with Crippen molar-refractivity contribution in [1.82, 2.24) is 0 Å². The third-order valence-corrected chi connectivity index (χ3v) is 10.9.